The second-order valence-electron chi connectivity index (χ2n) is 8.10. The number of para-hydroxylation sites is 1. The quantitative estimate of drug-likeness (QED) is 0.189. The van der Waals surface area contributed by atoms with Crippen LogP contribution in [0.15, 0.2) is 75.8 Å². The Bertz CT molecular complexity index is 1710. The summed E-state index contributed by atoms with van der Waals surface area (Å²) in [4.78, 5) is 12.7. The van der Waals surface area contributed by atoms with Crippen LogP contribution in [0.1, 0.15) is 22.8 Å². The van der Waals surface area contributed by atoms with E-state index in [1.165, 1.54) is 18.2 Å². The minimum Gasteiger partial charge on any atom is -0.870 e. The van der Waals surface area contributed by atoms with Crippen LogP contribution in [0.2, 0.25) is 10.0 Å². The molecule has 0 aromatic heterocycles. The van der Waals surface area contributed by atoms with Crippen molar-refractivity contribution in [3.05, 3.63) is 81.8 Å². The molecular formula is C26H20Cl2N3NaO6S. The molecule has 4 rings (SSSR count). The molecule has 0 atom stereocenters. The van der Waals surface area contributed by atoms with Gasteiger partial charge < -0.3 is 15.2 Å². The van der Waals surface area contributed by atoms with Crippen molar-refractivity contribution in [3.8, 4) is 11.5 Å². The van der Waals surface area contributed by atoms with Gasteiger partial charge in [-0.25, -0.2) is 0 Å². The largest absolute Gasteiger partial charge is 1.00 e. The van der Waals surface area contributed by atoms with Crippen molar-refractivity contribution < 1.29 is 57.2 Å². The van der Waals surface area contributed by atoms with Crippen LogP contribution in [0.5, 0.6) is 11.5 Å². The molecule has 0 fully saturated rings. The maximum atomic E-state index is 13.5. The minimum absolute atomic E-state index is 0. The van der Waals surface area contributed by atoms with Crippen LogP contribution in [0, 0.1) is 6.92 Å². The first kappa shape index (κ1) is 30.8. The van der Waals surface area contributed by atoms with Crippen LogP contribution in [0.25, 0.3) is 10.8 Å². The number of benzene rings is 4. The van der Waals surface area contributed by atoms with Crippen LogP contribution >= 0.6 is 23.2 Å². The van der Waals surface area contributed by atoms with Crippen LogP contribution < -0.4 is 44.7 Å². The van der Waals surface area contributed by atoms with Crippen molar-refractivity contribution >= 4 is 67.1 Å². The third-order valence-corrected chi connectivity index (χ3v) is 7.11. The van der Waals surface area contributed by atoms with Gasteiger partial charge >= 0.3 is 29.6 Å². The number of aryl methyl sites for hydroxylation is 1. The summed E-state index contributed by atoms with van der Waals surface area (Å²) in [6.07, 6.45) is 0. The number of anilines is 1. The molecule has 0 saturated heterocycles. The Kier molecular flexibility index (Phi) is 10.0. The Balaban J connectivity index is 0.00000420. The molecule has 0 aliphatic heterocycles. The van der Waals surface area contributed by atoms with Crippen molar-refractivity contribution in [1.29, 1.82) is 0 Å². The second-order valence-corrected chi connectivity index (χ2v) is 10.3. The van der Waals surface area contributed by atoms with E-state index in [1.54, 1.807) is 56.3 Å². The van der Waals surface area contributed by atoms with E-state index in [0.717, 1.165) is 0 Å². The van der Waals surface area contributed by atoms with Gasteiger partial charge in [0.05, 0.1) is 28.0 Å². The fourth-order valence-electron chi connectivity index (χ4n) is 3.75. The Morgan fingerprint density at radius 1 is 1.08 bits per heavy atom. The number of amides is 1. The summed E-state index contributed by atoms with van der Waals surface area (Å²) in [6, 6.07) is 15.7. The SMILES string of the molecule is CCOc1c(Cl)cccc1NC(=O)c1cc2ccccc2c(N=Nc2cc(C)cc(S(=O)(=O)O)c2Cl)c1[O-].[Na+]. The van der Waals surface area contributed by atoms with E-state index in [1.807, 2.05) is 0 Å². The number of rotatable bonds is 7. The summed E-state index contributed by atoms with van der Waals surface area (Å²) >= 11 is 12.4. The number of ether oxygens (including phenoxy) is 1. The molecule has 0 saturated carbocycles. The standard InChI is InChI=1S/C26H21Cl2N3O6S.Na/c1-3-37-25-18(27)9-6-10-19(25)29-26(33)17-13-15-7-4-5-8-16(15)23(24(17)32)31-30-20-11-14(2)12-21(22(20)28)38(34,35)36;/h4-13,32H,3H2,1-2H3,(H,29,33)(H,34,35,36);/q;+1/p-1. The third-order valence-electron chi connectivity index (χ3n) is 5.42. The second kappa shape index (κ2) is 12.6. The molecule has 13 heteroatoms. The zero-order valence-electron chi connectivity index (χ0n) is 21.0. The molecule has 0 radical (unpaired) electrons. The summed E-state index contributed by atoms with van der Waals surface area (Å²) < 4.78 is 38.4. The van der Waals surface area contributed by atoms with Crippen molar-refractivity contribution in [1.82, 2.24) is 0 Å². The summed E-state index contributed by atoms with van der Waals surface area (Å²) in [5.41, 5.74) is 0.259. The first-order valence-electron chi connectivity index (χ1n) is 11.2. The van der Waals surface area contributed by atoms with Crippen molar-refractivity contribution in [2.45, 2.75) is 18.7 Å². The van der Waals surface area contributed by atoms with Gasteiger partial charge in [-0.15, -0.1) is 5.11 Å². The molecule has 4 aromatic rings. The predicted molar refractivity (Wildman–Crippen MR) is 144 cm³/mol. The summed E-state index contributed by atoms with van der Waals surface area (Å²) in [6.45, 7) is 3.65. The van der Waals surface area contributed by atoms with Gasteiger partial charge in [0.25, 0.3) is 16.0 Å². The third kappa shape index (κ3) is 6.72. The smallest absolute Gasteiger partial charge is 0.870 e. The molecule has 0 aliphatic carbocycles. The van der Waals surface area contributed by atoms with Crippen molar-refractivity contribution in [2.75, 3.05) is 11.9 Å². The molecule has 1 amide bonds. The molecule has 0 unspecified atom stereocenters. The maximum Gasteiger partial charge on any atom is 1.00 e. The van der Waals surface area contributed by atoms with Gasteiger partial charge in [0, 0.05) is 10.9 Å². The van der Waals surface area contributed by atoms with E-state index < -0.39 is 26.7 Å². The molecule has 196 valence electrons. The summed E-state index contributed by atoms with van der Waals surface area (Å²) in [5.74, 6) is -1.17. The monoisotopic (exact) mass is 595 g/mol. The fraction of sp³-hybridized carbons (Fsp3) is 0.115. The van der Waals surface area contributed by atoms with Gasteiger partial charge in [0.1, 0.15) is 10.6 Å². The average Bonchev–Trinajstić information content (AvgIpc) is 2.86. The molecule has 2 N–H and O–H groups in total. The molecule has 0 aliphatic rings. The summed E-state index contributed by atoms with van der Waals surface area (Å²) in [5, 5.41) is 25.1. The topological polar surface area (TPSA) is 140 Å². The van der Waals surface area contributed by atoms with Crippen LogP contribution in [0.4, 0.5) is 17.1 Å². The van der Waals surface area contributed by atoms with E-state index in [-0.39, 0.29) is 63.0 Å². The van der Waals surface area contributed by atoms with Gasteiger partial charge in [-0.2, -0.15) is 13.5 Å². The van der Waals surface area contributed by atoms with Crippen molar-refractivity contribution in [3.63, 3.8) is 0 Å². The zero-order valence-corrected chi connectivity index (χ0v) is 25.4. The van der Waals surface area contributed by atoms with Gasteiger partial charge in [-0.05, 0) is 55.1 Å². The van der Waals surface area contributed by atoms with Crippen LogP contribution in [0.3, 0.4) is 0 Å². The number of nitrogens with one attached hydrogen (secondary N) is 1. The molecule has 39 heavy (non-hydrogen) atoms. The van der Waals surface area contributed by atoms with E-state index in [9.17, 15) is 22.9 Å². The molecule has 9 nitrogen and oxygen atoms in total. The molecule has 0 heterocycles. The van der Waals surface area contributed by atoms with Gasteiger partial charge in [0.2, 0.25) is 0 Å². The number of halogens is 2. The predicted octanol–water partition coefficient (Wildman–Crippen LogP) is 3.85. The number of azo groups is 1. The molecule has 0 bridgehead atoms. The zero-order chi connectivity index (χ0) is 27.6. The molecule has 4 aromatic carbocycles. The molecule has 0 spiro atoms. The number of nitrogens with zero attached hydrogens (tertiary/aromatic N) is 2. The number of carbonyl (C=O) groups is 1. The average molecular weight is 596 g/mol. The first-order chi connectivity index (χ1) is 18.0. The minimum atomic E-state index is -4.63. The molecular weight excluding hydrogens is 576 g/mol. The van der Waals surface area contributed by atoms with Crippen LogP contribution in [-0.4, -0.2) is 25.5 Å². The Morgan fingerprint density at radius 2 is 1.79 bits per heavy atom. The van der Waals surface area contributed by atoms with E-state index in [0.29, 0.717) is 28.0 Å². The number of fused-ring (bicyclic) bond motifs is 1. The van der Waals surface area contributed by atoms with E-state index >= 15 is 0 Å². The summed E-state index contributed by atoms with van der Waals surface area (Å²) in [7, 11) is -4.63. The van der Waals surface area contributed by atoms with E-state index in [2.05, 4.69) is 15.5 Å². The van der Waals surface area contributed by atoms with Gasteiger partial charge in [-0.1, -0.05) is 59.3 Å². The number of carbonyl (C=O) groups excluding carboxylic acids is 1. The first-order valence-corrected chi connectivity index (χ1v) is 13.4. The fourth-order valence-corrected chi connectivity index (χ4v) is 5.08. The van der Waals surface area contributed by atoms with Gasteiger partial charge in [-0.3, -0.25) is 9.35 Å². The Labute approximate surface area is 256 Å². The number of hydrogen-bond acceptors (Lipinski definition) is 7. The normalized spacial score (nSPS) is 11.4. The van der Waals surface area contributed by atoms with E-state index in [4.69, 9.17) is 27.9 Å². The van der Waals surface area contributed by atoms with Crippen molar-refractivity contribution in [2.24, 2.45) is 10.2 Å². The number of hydrogen-bond donors (Lipinski definition) is 2. The van der Waals surface area contributed by atoms with Gasteiger partial charge in [0.15, 0.2) is 5.75 Å². The Morgan fingerprint density at radius 3 is 2.49 bits per heavy atom. The Hall–Kier alpha value is -2.70. The maximum absolute atomic E-state index is 13.5. The van der Waals surface area contributed by atoms with Crippen LogP contribution in [-0.2, 0) is 10.1 Å².